The van der Waals surface area contributed by atoms with Gasteiger partial charge < -0.3 is 10.1 Å². The zero-order chi connectivity index (χ0) is 23.0. The lowest BCUT2D eigenvalue weighted by Gasteiger charge is -2.25. The lowest BCUT2D eigenvalue weighted by Crippen LogP contribution is -2.41. The molecular weight excluding hydrogens is 424 g/mol. The number of nitrogens with one attached hydrogen (secondary N) is 1. The number of amides is 1. The monoisotopic (exact) mass is 452 g/mol. The van der Waals surface area contributed by atoms with Gasteiger partial charge in [-0.2, -0.15) is 0 Å². The fraction of sp³-hybridized carbons (Fsp3) is 0.240. The van der Waals surface area contributed by atoms with Gasteiger partial charge in [-0.15, -0.1) is 0 Å². The lowest BCUT2D eigenvalue weighted by molar-refractivity contribution is -0.119. The number of nitrogens with zero attached hydrogens (tertiary/aromatic N) is 1. The molecule has 0 saturated heterocycles. The summed E-state index contributed by atoms with van der Waals surface area (Å²) in [6.45, 7) is 4.62. The molecule has 0 bridgehead atoms. The summed E-state index contributed by atoms with van der Waals surface area (Å²) in [7, 11) is -3.91. The molecule has 32 heavy (non-hydrogen) atoms. The number of hydrogen-bond acceptors (Lipinski definition) is 4. The Morgan fingerprint density at radius 2 is 1.56 bits per heavy atom. The van der Waals surface area contributed by atoms with E-state index in [9.17, 15) is 13.2 Å². The summed E-state index contributed by atoms with van der Waals surface area (Å²) in [5.41, 5.74) is 3.50. The molecule has 3 aromatic rings. The Hall–Kier alpha value is -3.16. The lowest BCUT2D eigenvalue weighted by atomic mass is 10.1. The van der Waals surface area contributed by atoms with Crippen molar-refractivity contribution in [1.29, 1.82) is 0 Å². The van der Waals surface area contributed by atoms with Crippen LogP contribution in [-0.4, -0.2) is 34.0 Å². The maximum atomic E-state index is 13.3. The first kappa shape index (κ1) is 23.5. The SMILES string of the molecule is Cc1ccc(N(CC(=O)NCCOCc2ccccc2)S(=O)(=O)c2ccccc2)cc1C. The van der Waals surface area contributed by atoms with Gasteiger partial charge in [0.25, 0.3) is 10.0 Å². The van der Waals surface area contributed by atoms with Crippen LogP contribution in [0.4, 0.5) is 5.69 Å². The Morgan fingerprint density at radius 3 is 2.22 bits per heavy atom. The molecule has 168 valence electrons. The molecule has 0 saturated carbocycles. The fourth-order valence-electron chi connectivity index (χ4n) is 3.13. The Balaban J connectivity index is 1.67. The highest BCUT2D eigenvalue weighted by atomic mass is 32.2. The number of sulfonamides is 1. The first-order valence-electron chi connectivity index (χ1n) is 10.4. The molecule has 0 atom stereocenters. The second-order valence-corrected chi connectivity index (χ2v) is 9.34. The summed E-state index contributed by atoms with van der Waals surface area (Å²) in [6, 6.07) is 23.2. The quantitative estimate of drug-likeness (QED) is 0.475. The van der Waals surface area contributed by atoms with Crippen LogP contribution in [0, 0.1) is 13.8 Å². The zero-order valence-electron chi connectivity index (χ0n) is 18.3. The van der Waals surface area contributed by atoms with Crippen molar-refractivity contribution >= 4 is 21.6 Å². The van der Waals surface area contributed by atoms with Crippen molar-refractivity contribution in [2.75, 3.05) is 24.0 Å². The summed E-state index contributed by atoms with van der Waals surface area (Å²) < 4.78 is 33.4. The molecule has 7 heteroatoms. The highest BCUT2D eigenvalue weighted by Gasteiger charge is 2.27. The van der Waals surface area contributed by atoms with Crippen LogP contribution >= 0.6 is 0 Å². The number of carbonyl (C=O) groups excluding carboxylic acids is 1. The number of aryl methyl sites for hydroxylation is 2. The molecule has 0 fully saturated rings. The third-order valence-corrected chi connectivity index (χ3v) is 6.87. The van der Waals surface area contributed by atoms with Crippen LogP contribution in [0.15, 0.2) is 83.8 Å². The summed E-state index contributed by atoms with van der Waals surface area (Å²) in [6.07, 6.45) is 0. The first-order valence-corrected chi connectivity index (χ1v) is 11.9. The highest BCUT2D eigenvalue weighted by molar-refractivity contribution is 7.92. The van der Waals surface area contributed by atoms with E-state index in [-0.39, 0.29) is 18.0 Å². The average Bonchev–Trinajstić information content (AvgIpc) is 2.80. The topological polar surface area (TPSA) is 75.7 Å². The predicted molar refractivity (Wildman–Crippen MR) is 126 cm³/mol. The van der Waals surface area contributed by atoms with E-state index >= 15 is 0 Å². The van der Waals surface area contributed by atoms with Crippen LogP contribution < -0.4 is 9.62 Å². The van der Waals surface area contributed by atoms with Gasteiger partial charge in [0, 0.05) is 6.54 Å². The number of rotatable bonds is 10. The van der Waals surface area contributed by atoms with Crippen molar-refractivity contribution in [3.8, 4) is 0 Å². The Labute approximate surface area is 189 Å². The third-order valence-electron chi connectivity index (χ3n) is 5.08. The molecule has 0 heterocycles. The molecule has 0 unspecified atom stereocenters. The van der Waals surface area contributed by atoms with Gasteiger partial charge in [0.1, 0.15) is 6.54 Å². The van der Waals surface area contributed by atoms with Crippen LogP contribution in [0.25, 0.3) is 0 Å². The minimum atomic E-state index is -3.91. The van der Waals surface area contributed by atoms with E-state index in [1.54, 1.807) is 30.3 Å². The average molecular weight is 453 g/mol. The van der Waals surface area contributed by atoms with Gasteiger partial charge in [-0.3, -0.25) is 9.10 Å². The summed E-state index contributed by atoms with van der Waals surface area (Å²) in [5, 5.41) is 2.75. The van der Waals surface area contributed by atoms with Crippen LogP contribution in [0.2, 0.25) is 0 Å². The molecule has 0 aliphatic rings. The van der Waals surface area contributed by atoms with Gasteiger partial charge in [0.15, 0.2) is 0 Å². The second-order valence-electron chi connectivity index (χ2n) is 7.48. The molecule has 0 spiro atoms. The molecule has 1 N–H and O–H groups in total. The fourth-order valence-corrected chi connectivity index (χ4v) is 4.56. The van der Waals surface area contributed by atoms with Crippen LogP contribution in [0.3, 0.4) is 0 Å². The minimum Gasteiger partial charge on any atom is -0.375 e. The van der Waals surface area contributed by atoms with E-state index in [0.29, 0.717) is 18.9 Å². The van der Waals surface area contributed by atoms with Crippen LogP contribution in [0.1, 0.15) is 16.7 Å². The second kappa shape index (κ2) is 10.9. The van der Waals surface area contributed by atoms with E-state index in [2.05, 4.69) is 5.32 Å². The van der Waals surface area contributed by atoms with Crippen molar-refractivity contribution in [2.24, 2.45) is 0 Å². The van der Waals surface area contributed by atoms with Gasteiger partial charge in [0.2, 0.25) is 5.91 Å². The van der Waals surface area contributed by atoms with E-state index in [1.807, 2.05) is 50.2 Å². The zero-order valence-corrected chi connectivity index (χ0v) is 19.1. The summed E-state index contributed by atoms with van der Waals surface area (Å²) in [5.74, 6) is -0.397. The van der Waals surface area contributed by atoms with Gasteiger partial charge >= 0.3 is 0 Å². The molecule has 3 aromatic carbocycles. The van der Waals surface area contributed by atoms with Crippen molar-refractivity contribution < 1.29 is 17.9 Å². The summed E-state index contributed by atoms with van der Waals surface area (Å²) in [4.78, 5) is 12.8. The molecule has 0 aromatic heterocycles. The Kier molecular flexibility index (Phi) is 8.03. The van der Waals surface area contributed by atoms with Gasteiger partial charge in [-0.1, -0.05) is 54.6 Å². The number of hydrogen-bond donors (Lipinski definition) is 1. The standard InChI is InChI=1S/C25H28N2O4S/c1-20-13-14-23(17-21(20)2)27(32(29,30)24-11-7-4-8-12-24)18-25(28)26-15-16-31-19-22-9-5-3-6-10-22/h3-14,17H,15-16,18-19H2,1-2H3,(H,26,28). The van der Waals surface area contributed by atoms with Crippen LogP contribution in [0.5, 0.6) is 0 Å². The number of carbonyl (C=O) groups is 1. The first-order chi connectivity index (χ1) is 15.4. The van der Waals surface area contributed by atoms with Crippen molar-refractivity contribution in [3.05, 3.63) is 95.6 Å². The third kappa shape index (κ3) is 6.18. The van der Waals surface area contributed by atoms with Crippen molar-refractivity contribution in [1.82, 2.24) is 5.32 Å². The molecular formula is C25H28N2O4S. The Bertz CT molecular complexity index is 1130. The normalized spacial score (nSPS) is 11.2. The van der Waals surface area contributed by atoms with Gasteiger partial charge in [0.05, 0.1) is 23.8 Å². The maximum absolute atomic E-state index is 13.3. The largest absolute Gasteiger partial charge is 0.375 e. The van der Waals surface area contributed by atoms with Gasteiger partial charge in [-0.05, 0) is 54.8 Å². The van der Waals surface area contributed by atoms with E-state index < -0.39 is 15.9 Å². The predicted octanol–water partition coefficient (Wildman–Crippen LogP) is 3.83. The van der Waals surface area contributed by atoms with Gasteiger partial charge in [-0.25, -0.2) is 8.42 Å². The van der Waals surface area contributed by atoms with Crippen molar-refractivity contribution in [3.63, 3.8) is 0 Å². The molecule has 3 rings (SSSR count). The number of ether oxygens (including phenoxy) is 1. The van der Waals surface area contributed by atoms with Crippen LogP contribution in [-0.2, 0) is 26.2 Å². The van der Waals surface area contributed by atoms with Crippen molar-refractivity contribution in [2.45, 2.75) is 25.3 Å². The highest BCUT2D eigenvalue weighted by Crippen LogP contribution is 2.25. The summed E-state index contributed by atoms with van der Waals surface area (Å²) >= 11 is 0. The number of anilines is 1. The molecule has 0 aliphatic carbocycles. The smallest absolute Gasteiger partial charge is 0.264 e. The molecule has 1 amide bonds. The maximum Gasteiger partial charge on any atom is 0.264 e. The Morgan fingerprint density at radius 1 is 0.906 bits per heavy atom. The van der Waals surface area contributed by atoms with E-state index in [1.165, 1.54) is 12.1 Å². The molecule has 0 radical (unpaired) electrons. The van der Waals surface area contributed by atoms with E-state index in [4.69, 9.17) is 4.74 Å². The minimum absolute atomic E-state index is 0.136. The molecule has 0 aliphatic heterocycles. The number of benzene rings is 3. The van der Waals surface area contributed by atoms with E-state index in [0.717, 1.165) is 21.0 Å². The molecule has 6 nitrogen and oxygen atoms in total.